The van der Waals surface area contributed by atoms with Crippen molar-refractivity contribution in [3.05, 3.63) is 90.0 Å². The quantitative estimate of drug-likeness (QED) is 0.428. The fourth-order valence-corrected chi connectivity index (χ4v) is 2.29. The smallest absolute Gasteiger partial charge is 0.457 e. The summed E-state index contributed by atoms with van der Waals surface area (Å²) in [5.74, 6) is 0.943. The van der Waals surface area contributed by atoms with Crippen LogP contribution in [0.3, 0.4) is 0 Å². The number of hydrogen-bond donors (Lipinski definition) is 0. The molecule has 0 unspecified atom stereocenters. The summed E-state index contributed by atoms with van der Waals surface area (Å²) in [6.07, 6.45) is 3.99. The van der Waals surface area contributed by atoms with Crippen molar-refractivity contribution in [1.82, 2.24) is 0 Å². The average molecular weight is 339 g/mol. The summed E-state index contributed by atoms with van der Waals surface area (Å²) < 4.78 is 43.4. The molecular formula is C20H15BF3O-. The Morgan fingerprint density at radius 3 is 1.60 bits per heavy atom. The van der Waals surface area contributed by atoms with Crippen LogP contribution in [0.5, 0.6) is 11.5 Å². The molecule has 1 nitrogen and oxygen atoms in total. The molecule has 3 rings (SSSR count). The van der Waals surface area contributed by atoms with Crippen molar-refractivity contribution >= 4 is 24.6 Å². The van der Waals surface area contributed by atoms with Crippen LogP contribution in [0.25, 0.3) is 12.2 Å². The zero-order valence-electron chi connectivity index (χ0n) is 13.3. The van der Waals surface area contributed by atoms with Crippen molar-refractivity contribution in [3.8, 4) is 11.5 Å². The van der Waals surface area contributed by atoms with Gasteiger partial charge >= 0.3 is 6.98 Å². The van der Waals surface area contributed by atoms with E-state index >= 15 is 0 Å². The van der Waals surface area contributed by atoms with Gasteiger partial charge in [-0.2, -0.15) is 0 Å². The number of ether oxygens (including phenoxy) is 1. The first kappa shape index (κ1) is 16.9. The molecule has 126 valence electrons. The molecule has 0 saturated carbocycles. The van der Waals surface area contributed by atoms with Crippen LogP contribution in [0.15, 0.2) is 78.9 Å². The highest BCUT2D eigenvalue weighted by Gasteiger charge is 2.24. The molecule has 0 amide bonds. The van der Waals surface area contributed by atoms with E-state index in [1.165, 1.54) is 12.1 Å². The Labute approximate surface area is 144 Å². The van der Waals surface area contributed by atoms with Crippen LogP contribution in [0.1, 0.15) is 11.1 Å². The van der Waals surface area contributed by atoms with Gasteiger partial charge in [0, 0.05) is 0 Å². The molecule has 0 bridgehead atoms. The fourth-order valence-electron chi connectivity index (χ4n) is 2.29. The van der Waals surface area contributed by atoms with Gasteiger partial charge < -0.3 is 17.7 Å². The highest BCUT2D eigenvalue weighted by molar-refractivity contribution is 6.73. The van der Waals surface area contributed by atoms with Crippen molar-refractivity contribution in [2.24, 2.45) is 0 Å². The summed E-state index contributed by atoms with van der Waals surface area (Å²) in [6.45, 7) is -4.98. The number of rotatable bonds is 5. The third-order valence-corrected chi connectivity index (χ3v) is 3.64. The van der Waals surface area contributed by atoms with E-state index in [4.69, 9.17) is 4.74 Å². The van der Waals surface area contributed by atoms with Crippen LogP contribution >= 0.6 is 0 Å². The third-order valence-electron chi connectivity index (χ3n) is 3.64. The van der Waals surface area contributed by atoms with E-state index in [1.54, 1.807) is 12.1 Å². The molecule has 0 spiro atoms. The Morgan fingerprint density at radius 1 is 0.600 bits per heavy atom. The van der Waals surface area contributed by atoms with E-state index < -0.39 is 12.4 Å². The maximum absolute atomic E-state index is 12.6. The van der Waals surface area contributed by atoms with Crippen molar-refractivity contribution in [1.29, 1.82) is 0 Å². The Bertz CT molecular complexity index is 839. The van der Waals surface area contributed by atoms with E-state index in [2.05, 4.69) is 0 Å². The minimum atomic E-state index is -4.98. The minimum absolute atomic E-state index is 0.372. The summed E-state index contributed by atoms with van der Waals surface area (Å²) >= 11 is 0. The Balaban J connectivity index is 1.65. The zero-order valence-corrected chi connectivity index (χ0v) is 13.3. The predicted molar refractivity (Wildman–Crippen MR) is 97.0 cm³/mol. The van der Waals surface area contributed by atoms with E-state index in [0.717, 1.165) is 23.3 Å². The highest BCUT2D eigenvalue weighted by atomic mass is 19.4. The molecule has 3 aromatic rings. The molecule has 3 aromatic carbocycles. The molecule has 0 radical (unpaired) electrons. The van der Waals surface area contributed by atoms with Gasteiger partial charge in [0.1, 0.15) is 11.5 Å². The van der Waals surface area contributed by atoms with Crippen LogP contribution in [-0.4, -0.2) is 6.98 Å². The Morgan fingerprint density at radius 2 is 1.08 bits per heavy atom. The third kappa shape index (κ3) is 4.76. The van der Waals surface area contributed by atoms with Gasteiger partial charge in [0.15, 0.2) is 0 Å². The molecule has 0 aliphatic rings. The van der Waals surface area contributed by atoms with Gasteiger partial charge in [0.2, 0.25) is 0 Å². The van der Waals surface area contributed by atoms with E-state index in [0.29, 0.717) is 11.5 Å². The average Bonchev–Trinajstić information content (AvgIpc) is 2.62. The molecule has 0 aliphatic heterocycles. The SMILES string of the molecule is F[B-](F)(F)c1ccc(Oc2ccc(/C=C/c3ccccc3)cc2)cc1. The minimum Gasteiger partial charge on any atom is -0.457 e. The molecule has 0 aliphatic carbocycles. The lowest BCUT2D eigenvalue weighted by Crippen LogP contribution is -2.33. The van der Waals surface area contributed by atoms with Crippen LogP contribution in [-0.2, 0) is 0 Å². The molecule has 0 N–H and O–H groups in total. The first-order valence-electron chi connectivity index (χ1n) is 7.82. The summed E-state index contributed by atoms with van der Waals surface area (Å²) in [5, 5.41) is 0. The summed E-state index contributed by atoms with van der Waals surface area (Å²) in [5.41, 5.74) is 1.48. The topological polar surface area (TPSA) is 9.23 Å². The fraction of sp³-hybridized carbons (Fsp3) is 0. The molecule has 0 atom stereocenters. The molecule has 0 saturated heterocycles. The molecule has 5 heteroatoms. The van der Waals surface area contributed by atoms with Gasteiger partial charge in [-0.1, -0.05) is 66.7 Å². The Kier molecular flexibility index (Phi) is 4.94. The van der Waals surface area contributed by atoms with Crippen molar-refractivity contribution in [2.75, 3.05) is 0 Å². The first-order chi connectivity index (χ1) is 12.0. The lowest BCUT2D eigenvalue weighted by molar-refractivity contribution is 0.482. The van der Waals surface area contributed by atoms with Gasteiger partial charge in [-0.25, -0.2) is 0 Å². The zero-order chi connectivity index (χ0) is 17.7. The van der Waals surface area contributed by atoms with Crippen LogP contribution in [0.4, 0.5) is 12.9 Å². The molecule has 0 heterocycles. The van der Waals surface area contributed by atoms with Gasteiger partial charge in [-0.05, 0) is 35.4 Å². The number of benzene rings is 3. The van der Waals surface area contributed by atoms with Crippen molar-refractivity contribution in [2.45, 2.75) is 0 Å². The number of halogens is 3. The van der Waals surface area contributed by atoms with Crippen LogP contribution in [0, 0.1) is 0 Å². The lowest BCUT2D eigenvalue weighted by atomic mass is 9.80. The summed E-state index contributed by atoms with van der Waals surface area (Å²) in [4.78, 5) is 0. The standard InChI is InChI=1S/C20H15BF3O/c22-21(23,24)18-10-14-20(15-11-18)25-19-12-8-17(9-13-19)7-6-16-4-2-1-3-5-16/h1-15H/q-1/b7-6+. The molecule has 0 fully saturated rings. The second kappa shape index (κ2) is 7.30. The monoisotopic (exact) mass is 339 g/mol. The van der Waals surface area contributed by atoms with Gasteiger partial charge in [0.05, 0.1) is 0 Å². The largest absolute Gasteiger partial charge is 0.509 e. The van der Waals surface area contributed by atoms with Crippen molar-refractivity contribution in [3.63, 3.8) is 0 Å². The second-order valence-corrected chi connectivity index (χ2v) is 5.56. The number of hydrogen-bond acceptors (Lipinski definition) is 1. The highest BCUT2D eigenvalue weighted by Crippen LogP contribution is 2.22. The molecular weight excluding hydrogens is 324 g/mol. The maximum atomic E-state index is 12.6. The van der Waals surface area contributed by atoms with E-state index in [9.17, 15) is 12.9 Å². The van der Waals surface area contributed by atoms with Gasteiger partial charge in [-0.3, -0.25) is 0 Å². The predicted octanol–water partition coefficient (Wildman–Crippen LogP) is 5.70. The van der Waals surface area contributed by atoms with Crippen LogP contribution < -0.4 is 10.2 Å². The van der Waals surface area contributed by atoms with Crippen LogP contribution in [0.2, 0.25) is 0 Å². The lowest BCUT2D eigenvalue weighted by Gasteiger charge is -2.15. The molecule has 25 heavy (non-hydrogen) atoms. The maximum Gasteiger partial charge on any atom is 0.509 e. The first-order valence-corrected chi connectivity index (χ1v) is 7.82. The molecule has 0 aromatic heterocycles. The summed E-state index contributed by atoms with van der Waals surface area (Å²) in [6, 6.07) is 22.0. The summed E-state index contributed by atoms with van der Waals surface area (Å²) in [7, 11) is 0. The Hall–Kier alpha value is -2.95. The van der Waals surface area contributed by atoms with Gasteiger partial charge in [0.25, 0.3) is 0 Å². The normalized spacial score (nSPS) is 11.6. The van der Waals surface area contributed by atoms with Gasteiger partial charge in [-0.15, -0.1) is 5.46 Å². The van der Waals surface area contributed by atoms with E-state index in [1.807, 2.05) is 54.6 Å². The second-order valence-electron chi connectivity index (χ2n) is 5.56. The van der Waals surface area contributed by atoms with Crippen molar-refractivity contribution < 1.29 is 17.7 Å². The van der Waals surface area contributed by atoms with E-state index in [-0.39, 0.29) is 0 Å².